The van der Waals surface area contributed by atoms with Gasteiger partial charge in [-0.15, -0.1) is 11.3 Å². The van der Waals surface area contributed by atoms with Crippen LogP contribution in [0.1, 0.15) is 28.1 Å². The zero-order valence-corrected chi connectivity index (χ0v) is 18.8. The van der Waals surface area contributed by atoms with Crippen molar-refractivity contribution in [3.8, 4) is 5.69 Å². The maximum Gasteiger partial charge on any atom is 0.267 e. The van der Waals surface area contributed by atoms with Gasteiger partial charge in [-0.2, -0.15) is 0 Å². The number of anilines is 1. The topological polar surface area (TPSA) is 67.2 Å². The van der Waals surface area contributed by atoms with Gasteiger partial charge >= 0.3 is 0 Å². The molecule has 1 aliphatic heterocycles. The fourth-order valence-electron chi connectivity index (χ4n) is 4.12. The number of carbonyl (C=O) groups excluding carboxylic acids is 1. The van der Waals surface area contributed by atoms with Crippen LogP contribution in [-0.2, 0) is 6.42 Å². The van der Waals surface area contributed by atoms with Crippen LogP contribution in [0.2, 0.25) is 0 Å². The summed E-state index contributed by atoms with van der Waals surface area (Å²) in [5, 5.41) is 5.37. The highest BCUT2D eigenvalue weighted by molar-refractivity contribution is 7.09. The smallest absolute Gasteiger partial charge is 0.267 e. The van der Waals surface area contributed by atoms with Gasteiger partial charge in [-0.25, -0.2) is 13.9 Å². The van der Waals surface area contributed by atoms with E-state index in [2.05, 4.69) is 10.2 Å². The molecular formula is C25H23FN4O2S. The minimum atomic E-state index is -0.363. The predicted molar refractivity (Wildman–Crippen MR) is 129 cm³/mol. The summed E-state index contributed by atoms with van der Waals surface area (Å²) in [7, 11) is 0. The van der Waals surface area contributed by atoms with Gasteiger partial charge in [0.05, 0.1) is 16.6 Å². The van der Waals surface area contributed by atoms with Crippen molar-refractivity contribution in [3.63, 3.8) is 0 Å². The van der Waals surface area contributed by atoms with Gasteiger partial charge in [0.2, 0.25) is 5.95 Å². The first-order valence-corrected chi connectivity index (χ1v) is 11.9. The minimum Gasteiger partial charge on any atom is -0.352 e. The molecule has 0 unspecified atom stereocenters. The first kappa shape index (κ1) is 21.3. The van der Waals surface area contributed by atoms with Crippen molar-refractivity contribution in [3.05, 3.63) is 86.6 Å². The second kappa shape index (κ2) is 9.15. The van der Waals surface area contributed by atoms with Gasteiger partial charge in [0.15, 0.2) is 0 Å². The quantitative estimate of drug-likeness (QED) is 0.467. The molecule has 33 heavy (non-hydrogen) atoms. The number of rotatable bonds is 6. The Morgan fingerprint density at radius 3 is 2.61 bits per heavy atom. The molecule has 4 aromatic rings. The number of nitrogens with zero attached hydrogens (tertiary/aromatic N) is 3. The summed E-state index contributed by atoms with van der Waals surface area (Å²) in [6, 6.07) is 14.8. The Kier molecular flexibility index (Phi) is 5.92. The number of thiophene rings is 1. The molecule has 1 saturated heterocycles. The molecule has 2 aromatic heterocycles. The van der Waals surface area contributed by atoms with E-state index in [4.69, 9.17) is 4.98 Å². The van der Waals surface area contributed by atoms with E-state index in [-0.39, 0.29) is 17.3 Å². The van der Waals surface area contributed by atoms with E-state index in [0.717, 1.165) is 32.4 Å². The Bertz CT molecular complexity index is 1340. The molecule has 0 bridgehead atoms. The molecule has 1 amide bonds. The number of aromatic nitrogens is 2. The first-order valence-electron chi connectivity index (χ1n) is 11.0. The van der Waals surface area contributed by atoms with E-state index in [1.54, 1.807) is 41.7 Å². The Morgan fingerprint density at radius 1 is 1.09 bits per heavy atom. The van der Waals surface area contributed by atoms with E-state index < -0.39 is 0 Å². The summed E-state index contributed by atoms with van der Waals surface area (Å²) >= 11 is 1.66. The standard InChI is InChI=1S/C25H23FN4O2S/c26-18-6-8-19(9-7-18)30-24(32)21-10-5-17(23(31)27-12-11-20-4-3-15-33-20)16-22(21)28-25(30)29-13-1-2-14-29/h3-10,15-16H,1-2,11-14H2,(H,27,31). The molecule has 0 aliphatic carbocycles. The molecule has 0 atom stereocenters. The third kappa shape index (κ3) is 4.39. The van der Waals surface area contributed by atoms with Crippen molar-refractivity contribution < 1.29 is 9.18 Å². The average Bonchev–Trinajstić information content (AvgIpc) is 3.54. The highest BCUT2D eigenvalue weighted by Crippen LogP contribution is 2.23. The lowest BCUT2D eigenvalue weighted by Gasteiger charge is -2.22. The van der Waals surface area contributed by atoms with E-state index in [0.29, 0.717) is 34.6 Å². The molecule has 5 rings (SSSR count). The van der Waals surface area contributed by atoms with Crippen LogP contribution in [0.15, 0.2) is 64.8 Å². The molecule has 1 aliphatic rings. The van der Waals surface area contributed by atoms with Crippen LogP contribution in [0.4, 0.5) is 10.3 Å². The van der Waals surface area contributed by atoms with Gasteiger partial charge in [0.25, 0.3) is 11.5 Å². The van der Waals surface area contributed by atoms with Crippen LogP contribution in [0.25, 0.3) is 16.6 Å². The van der Waals surface area contributed by atoms with Crippen molar-refractivity contribution in [2.45, 2.75) is 19.3 Å². The van der Waals surface area contributed by atoms with E-state index in [9.17, 15) is 14.0 Å². The maximum absolute atomic E-state index is 13.5. The number of carbonyl (C=O) groups is 1. The molecule has 8 heteroatoms. The number of halogens is 1. The summed E-state index contributed by atoms with van der Waals surface area (Å²) in [6.45, 7) is 2.13. The average molecular weight is 463 g/mol. The monoisotopic (exact) mass is 462 g/mol. The van der Waals surface area contributed by atoms with Gasteiger partial charge in [-0.3, -0.25) is 9.59 Å². The summed E-state index contributed by atoms with van der Waals surface area (Å²) in [5.74, 6) is -0.0365. The highest BCUT2D eigenvalue weighted by Gasteiger charge is 2.21. The number of fused-ring (bicyclic) bond motifs is 1. The fourth-order valence-corrected chi connectivity index (χ4v) is 4.83. The largest absolute Gasteiger partial charge is 0.352 e. The number of amides is 1. The number of nitrogens with one attached hydrogen (secondary N) is 1. The summed E-state index contributed by atoms with van der Waals surface area (Å²) in [6.07, 6.45) is 2.81. The van der Waals surface area contributed by atoms with Crippen molar-refractivity contribution in [1.29, 1.82) is 0 Å². The van der Waals surface area contributed by atoms with E-state index in [1.807, 2.05) is 17.5 Å². The van der Waals surface area contributed by atoms with E-state index in [1.165, 1.54) is 21.6 Å². The molecule has 1 N–H and O–H groups in total. The van der Waals surface area contributed by atoms with Crippen LogP contribution in [0.3, 0.4) is 0 Å². The number of benzene rings is 2. The summed E-state index contributed by atoms with van der Waals surface area (Å²) in [4.78, 5) is 34.3. The minimum absolute atomic E-state index is 0.194. The molecule has 168 valence electrons. The van der Waals surface area contributed by atoms with Gasteiger partial charge < -0.3 is 10.2 Å². The van der Waals surface area contributed by atoms with Gasteiger partial charge in [0.1, 0.15) is 5.82 Å². The van der Waals surface area contributed by atoms with Crippen LogP contribution < -0.4 is 15.8 Å². The molecule has 3 heterocycles. The zero-order valence-electron chi connectivity index (χ0n) is 18.0. The molecule has 6 nitrogen and oxygen atoms in total. The molecule has 0 saturated carbocycles. The van der Waals surface area contributed by atoms with Gasteiger partial charge in [0, 0.05) is 30.1 Å². The first-order chi connectivity index (χ1) is 16.1. The molecular weight excluding hydrogens is 439 g/mol. The van der Waals surface area contributed by atoms with Gasteiger partial charge in [-0.1, -0.05) is 6.07 Å². The number of hydrogen-bond acceptors (Lipinski definition) is 5. The van der Waals surface area contributed by atoms with Crippen LogP contribution in [0.5, 0.6) is 0 Å². The Labute approximate surface area is 194 Å². The SMILES string of the molecule is O=C(NCCc1cccs1)c1ccc2c(=O)n(-c3ccc(F)cc3)c(N3CCCC3)nc2c1. The third-order valence-corrected chi connectivity index (χ3v) is 6.76. The summed E-state index contributed by atoms with van der Waals surface area (Å²) < 4.78 is 15.0. The number of hydrogen-bond donors (Lipinski definition) is 1. The fraction of sp³-hybridized carbons (Fsp3) is 0.240. The van der Waals surface area contributed by atoms with Crippen LogP contribution in [-0.4, -0.2) is 35.1 Å². The van der Waals surface area contributed by atoms with Crippen molar-refractivity contribution in [1.82, 2.24) is 14.9 Å². The summed E-state index contributed by atoms with van der Waals surface area (Å²) in [5.41, 5.74) is 1.27. The van der Waals surface area contributed by atoms with Crippen molar-refractivity contribution in [2.24, 2.45) is 0 Å². The van der Waals surface area contributed by atoms with Gasteiger partial charge in [-0.05, 0) is 73.2 Å². The highest BCUT2D eigenvalue weighted by atomic mass is 32.1. The Balaban J connectivity index is 1.51. The lowest BCUT2D eigenvalue weighted by Crippen LogP contribution is -2.30. The maximum atomic E-state index is 13.5. The normalized spacial score (nSPS) is 13.5. The molecule has 1 fully saturated rings. The van der Waals surface area contributed by atoms with E-state index >= 15 is 0 Å². The van der Waals surface area contributed by atoms with Crippen LogP contribution in [0, 0.1) is 5.82 Å². The van der Waals surface area contributed by atoms with Crippen molar-refractivity contribution >= 4 is 34.1 Å². The Hall–Kier alpha value is -3.52. The third-order valence-electron chi connectivity index (χ3n) is 5.82. The predicted octanol–water partition coefficient (Wildman–Crippen LogP) is 4.16. The second-order valence-corrected chi connectivity index (χ2v) is 9.07. The lowest BCUT2D eigenvalue weighted by atomic mass is 10.1. The second-order valence-electron chi connectivity index (χ2n) is 8.04. The van der Waals surface area contributed by atoms with Crippen LogP contribution >= 0.6 is 11.3 Å². The molecule has 0 spiro atoms. The zero-order chi connectivity index (χ0) is 22.8. The Morgan fingerprint density at radius 2 is 1.88 bits per heavy atom. The lowest BCUT2D eigenvalue weighted by molar-refractivity contribution is 0.0954. The molecule has 2 aromatic carbocycles. The van der Waals surface area contributed by atoms with Crippen molar-refractivity contribution in [2.75, 3.05) is 24.5 Å². The molecule has 0 radical (unpaired) electrons.